The number of hydrogen-bond acceptors (Lipinski definition) is 6. The van der Waals surface area contributed by atoms with Crippen LogP contribution in [-0.2, 0) is 6.18 Å². The van der Waals surface area contributed by atoms with Crippen molar-refractivity contribution in [2.75, 3.05) is 37.0 Å². The molecule has 1 N–H and O–H groups in total. The average molecular weight is 399 g/mol. The largest absolute Gasteiger partial charge is 0.433 e. The van der Waals surface area contributed by atoms with E-state index in [2.05, 4.69) is 15.3 Å². The van der Waals surface area contributed by atoms with Gasteiger partial charge in [-0.1, -0.05) is 0 Å². The molecular formula is C17H20F3N5OS. The molecule has 3 rings (SSSR count). The second kappa shape index (κ2) is 7.71. The van der Waals surface area contributed by atoms with Crippen LogP contribution in [0.15, 0.2) is 22.9 Å². The van der Waals surface area contributed by atoms with Crippen molar-refractivity contribution in [1.82, 2.24) is 15.3 Å². The third-order valence-electron chi connectivity index (χ3n) is 4.35. The van der Waals surface area contributed by atoms with Crippen LogP contribution in [-0.4, -0.2) is 49.1 Å². The van der Waals surface area contributed by atoms with E-state index < -0.39 is 11.9 Å². The van der Waals surface area contributed by atoms with Gasteiger partial charge in [0.25, 0.3) is 5.91 Å². The van der Waals surface area contributed by atoms with Gasteiger partial charge in [-0.3, -0.25) is 4.79 Å². The second-order valence-corrected chi connectivity index (χ2v) is 7.33. The van der Waals surface area contributed by atoms with Gasteiger partial charge in [-0.15, -0.1) is 0 Å². The number of aromatic nitrogens is 2. The predicted octanol–water partition coefficient (Wildman–Crippen LogP) is 3.02. The Kier molecular flexibility index (Phi) is 5.54. The van der Waals surface area contributed by atoms with E-state index in [1.54, 1.807) is 30.4 Å². The maximum absolute atomic E-state index is 13.1. The fourth-order valence-corrected chi connectivity index (χ4v) is 3.46. The Labute approximate surface area is 159 Å². The molecule has 10 heteroatoms. The van der Waals surface area contributed by atoms with Crippen LogP contribution in [0, 0.1) is 0 Å². The molecule has 0 unspecified atom stereocenters. The standard InChI is InChI=1S/C17H20F3N5OS/c1-24(2)14-9-13(17(18,19)20)22-16(23-14)25-6-3-12(4-7-25)21-15(26)11-5-8-27-10-11/h5,8-10,12H,3-4,6-7H2,1-2H3,(H,21,26). The zero-order valence-electron chi connectivity index (χ0n) is 15.0. The lowest BCUT2D eigenvalue weighted by molar-refractivity contribution is -0.141. The molecule has 1 aliphatic rings. The molecule has 0 spiro atoms. The molecule has 0 bridgehead atoms. The van der Waals surface area contributed by atoms with E-state index >= 15 is 0 Å². The SMILES string of the molecule is CN(C)c1cc(C(F)(F)F)nc(N2CCC(NC(=O)c3ccsc3)CC2)n1. The van der Waals surface area contributed by atoms with Gasteiger partial charge in [0, 0.05) is 50.2 Å². The number of carbonyl (C=O) groups excluding carboxylic acids is 1. The van der Waals surface area contributed by atoms with Gasteiger partial charge in [-0.05, 0) is 24.3 Å². The van der Waals surface area contributed by atoms with Crippen LogP contribution in [0.4, 0.5) is 24.9 Å². The van der Waals surface area contributed by atoms with E-state index in [1.807, 2.05) is 5.38 Å². The summed E-state index contributed by atoms with van der Waals surface area (Å²) < 4.78 is 39.4. The lowest BCUT2D eigenvalue weighted by Crippen LogP contribution is -2.45. The Morgan fingerprint density at radius 2 is 2.00 bits per heavy atom. The number of anilines is 2. The highest BCUT2D eigenvalue weighted by atomic mass is 32.1. The highest BCUT2D eigenvalue weighted by Crippen LogP contribution is 2.31. The summed E-state index contributed by atoms with van der Waals surface area (Å²) in [7, 11) is 3.27. The van der Waals surface area contributed by atoms with Gasteiger partial charge in [-0.25, -0.2) is 4.98 Å². The van der Waals surface area contributed by atoms with Crippen molar-refractivity contribution in [3.63, 3.8) is 0 Å². The smallest absolute Gasteiger partial charge is 0.363 e. The van der Waals surface area contributed by atoms with Crippen LogP contribution < -0.4 is 15.1 Å². The zero-order chi connectivity index (χ0) is 19.6. The maximum atomic E-state index is 13.1. The van der Waals surface area contributed by atoms with Gasteiger partial charge in [0.05, 0.1) is 0 Å². The van der Waals surface area contributed by atoms with E-state index in [4.69, 9.17) is 0 Å². The molecule has 0 aliphatic carbocycles. The maximum Gasteiger partial charge on any atom is 0.433 e. The van der Waals surface area contributed by atoms with Crippen LogP contribution in [0.2, 0.25) is 0 Å². The van der Waals surface area contributed by atoms with Crippen molar-refractivity contribution in [3.05, 3.63) is 34.2 Å². The predicted molar refractivity (Wildman–Crippen MR) is 98.4 cm³/mol. The quantitative estimate of drug-likeness (QED) is 0.857. The number of hydrogen-bond donors (Lipinski definition) is 1. The molecule has 6 nitrogen and oxygen atoms in total. The summed E-state index contributed by atoms with van der Waals surface area (Å²) in [4.78, 5) is 23.3. The first-order chi connectivity index (χ1) is 12.7. The lowest BCUT2D eigenvalue weighted by Gasteiger charge is -2.33. The molecule has 2 aromatic rings. The van der Waals surface area contributed by atoms with Crippen LogP contribution in [0.1, 0.15) is 28.9 Å². The normalized spacial score (nSPS) is 15.7. The number of amides is 1. The number of piperidine rings is 1. The fourth-order valence-electron chi connectivity index (χ4n) is 2.82. The first-order valence-electron chi connectivity index (χ1n) is 8.45. The van der Waals surface area contributed by atoms with E-state index in [0.29, 0.717) is 31.5 Å². The number of halogens is 3. The molecule has 1 fully saturated rings. The Hall–Kier alpha value is -2.36. The van der Waals surface area contributed by atoms with Crippen molar-refractivity contribution in [1.29, 1.82) is 0 Å². The lowest BCUT2D eigenvalue weighted by atomic mass is 10.0. The summed E-state index contributed by atoms with van der Waals surface area (Å²) in [5, 5.41) is 6.59. The summed E-state index contributed by atoms with van der Waals surface area (Å²) >= 11 is 1.45. The molecule has 0 saturated carbocycles. The Morgan fingerprint density at radius 1 is 1.30 bits per heavy atom. The molecule has 3 heterocycles. The van der Waals surface area contributed by atoms with Crippen molar-refractivity contribution in [2.45, 2.75) is 25.1 Å². The van der Waals surface area contributed by atoms with Crippen molar-refractivity contribution in [2.24, 2.45) is 0 Å². The molecular weight excluding hydrogens is 379 g/mol. The molecule has 1 saturated heterocycles. The minimum absolute atomic E-state index is 0.0206. The molecule has 146 valence electrons. The molecule has 1 aliphatic heterocycles. The first kappa shape index (κ1) is 19.4. The zero-order valence-corrected chi connectivity index (χ0v) is 15.8. The summed E-state index contributed by atoms with van der Waals surface area (Å²) in [6.07, 6.45) is -3.30. The third kappa shape index (κ3) is 4.68. The second-order valence-electron chi connectivity index (χ2n) is 6.55. The molecule has 27 heavy (non-hydrogen) atoms. The topological polar surface area (TPSA) is 61.4 Å². The number of alkyl halides is 3. The van der Waals surface area contributed by atoms with Gasteiger partial charge in [0.1, 0.15) is 5.82 Å². The number of rotatable bonds is 4. The van der Waals surface area contributed by atoms with E-state index in [-0.39, 0.29) is 23.7 Å². The molecule has 1 amide bonds. The van der Waals surface area contributed by atoms with Crippen LogP contribution in [0.3, 0.4) is 0 Å². The Morgan fingerprint density at radius 3 is 2.56 bits per heavy atom. The summed E-state index contributed by atoms with van der Waals surface area (Å²) in [5.74, 6) is 0.149. The van der Waals surface area contributed by atoms with Gasteiger partial charge in [0.2, 0.25) is 5.95 Å². The molecule has 0 atom stereocenters. The van der Waals surface area contributed by atoms with Crippen LogP contribution >= 0.6 is 11.3 Å². The van der Waals surface area contributed by atoms with E-state index in [1.165, 1.54) is 16.2 Å². The minimum Gasteiger partial charge on any atom is -0.363 e. The molecule has 0 radical (unpaired) electrons. The van der Waals surface area contributed by atoms with Crippen molar-refractivity contribution in [3.8, 4) is 0 Å². The summed E-state index contributed by atoms with van der Waals surface area (Å²) in [5.41, 5.74) is -0.330. The number of nitrogens with one attached hydrogen (secondary N) is 1. The first-order valence-corrected chi connectivity index (χ1v) is 9.40. The van der Waals surface area contributed by atoms with Crippen molar-refractivity contribution >= 4 is 29.0 Å². The number of nitrogens with zero attached hydrogens (tertiary/aromatic N) is 4. The number of thiophene rings is 1. The molecule has 0 aromatic carbocycles. The van der Waals surface area contributed by atoms with Gasteiger partial charge >= 0.3 is 6.18 Å². The van der Waals surface area contributed by atoms with Gasteiger partial charge in [0.15, 0.2) is 5.69 Å². The highest BCUT2D eigenvalue weighted by Gasteiger charge is 2.35. The van der Waals surface area contributed by atoms with Crippen LogP contribution in [0.5, 0.6) is 0 Å². The Balaban J connectivity index is 1.68. The minimum atomic E-state index is -4.53. The van der Waals surface area contributed by atoms with Gasteiger partial charge < -0.3 is 15.1 Å². The molecule has 2 aromatic heterocycles. The van der Waals surface area contributed by atoms with Gasteiger partial charge in [-0.2, -0.15) is 29.5 Å². The van der Waals surface area contributed by atoms with Crippen molar-refractivity contribution < 1.29 is 18.0 Å². The third-order valence-corrected chi connectivity index (χ3v) is 5.03. The Bertz CT molecular complexity index is 786. The van der Waals surface area contributed by atoms with E-state index in [9.17, 15) is 18.0 Å². The van der Waals surface area contributed by atoms with Crippen LogP contribution in [0.25, 0.3) is 0 Å². The monoisotopic (exact) mass is 399 g/mol. The summed E-state index contributed by atoms with van der Waals surface area (Å²) in [6, 6.07) is 2.68. The fraction of sp³-hybridized carbons (Fsp3) is 0.471. The highest BCUT2D eigenvalue weighted by molar-refractivity contribution is 7.08. The van der Waals surface area contributed by atoms with E-state index in [0.717, 1.165) is 6.07 Å². The summed E-state index contributed by atoms with van der Waals surface area (Å²) in [6.45, 7) is 0.950. The average Bonchev–Trinajstić information content (AvgIpc) is 3.16. The number of carbonyl (C=O) groups is 1.